The fraction of sp³-hybridized carbons (Fsp3) is 0.364. The zero-order chi connectivity index (χ0) is 20.6. The van der Waals surface area contributed by atoms with E-state index in [0.29, 0.717) is 37.6 Å². The highest BCUT2D eigenvalue weighted by Gasteiger charge is 2.22. The molecule has 1 aliphatic rings. The SMILES string of the molecule is Cc1ccc(CSCC(=O)N2CCN(CC(=O)Nc3ccc(F)cc3)CC2)cc1. The number of benzene rings is 2. The van der Waals surface area contributed by atoms with Crippen molar-refractivity contribution in [2.75, 3.05) is 43.8 Å². The van der Waals surface area contributed by atoms with Crippen LogP contribution in [0.15, 0.2) is 48.5 Å². The predicted octanol–water partition coefficient (Wildman–Crippen LogP) is 3.15. The van der Waals surface area contributed by atoms with Gasteiger partial charge in [0.05, 0.1) is 12.3 Å². The molecule has 0 bridgehead atoms. The molecular formula is C22H26FN3O2S. The van der Waals surface area contributed by atoms with Crippen molar-refractivity contribution < 1.29 is 14.0 Å². The van der Waals surface area contributed by atoms with Crippen molar-refractivity contribution in [3.63, 3.8) is 0 Å². The van der Waals surface area contributed by atoms with Gasteiger partial charge in [0.15, 0.2) is 0 Å². The Morgan fingerprint density at radius 3 is 2.31 bits per heavy atom. The predicted molar refractivity (Wildman–Crippen MR) is 115 cm³/mol. The van der Waals surface area contributed by atoms with Gasteiger partial charge in [-0.2, -0.15) is 0 Å². The zero-order valence-corrected chi connectivity index (χ0v) is 17.4. The molecule has 3 rings (SSSR count). The van der Waals surface area contributed by atoms with E-state index >= 15 is 0 Å². The smallest absolute Gasteiger partial charge is 0.238 e. The van der Waals surface area contributed by atoms with Gasteiger partial charge >= 0.3 is 0 Å². The van der Waals surface area contributed by atoms with Crippen LogP contribution in [0.4, 0.5) is 10.1 Å². The first-order valence-electron chi connectivity index (χ1n) is 9.68. The summed E-state index contributed by atoms with van der Waals surface area (Å²) in [5, 5.41) is 2.77. The van der Waals surface area contributed by atoms with Crippen LogP contribution in [0, 0.1) is 12.7 Å². The molecule has 0 aliphatic carbocycles. The molecule has 0 aromatic heterocycles. The maximum Gasteiger partial charge on any atom is 0.238 e. The molecule has 0 atom stereocenters. The number of nitrogens with one attached hydrogen (secondary N) is 1. The second-order valence-electron chi connectivity index (χ2n) is 7.19. The molecule has 1 aliphatic heterocycles. The molecule has 0 radical (unpaired) electrons. The van der Waals surface area contributed by atoms with Gasteiger partial charge in [-0.1, -0.05) is 29.8 Å². The summed E-state index contributed by atoms with van der Waals surface area (Å²) in [4.78, 5) is 28.5. The molecule has 154 valence electrons. The Labute approximate surface area is 175 Å². The maximum absolute atomic E-state index is 12.9. The van der Waals surface area contributed by atoms with Crippen molar-refractivity contribution in [2.24, 2.45) is 0 Å². The molecule has 29 heavy (non-hydrogen) atoms. The van der Waals surface area contributed by atoms with Gasteiger partial charge in [0.1, 0.15) is 5.82 Å². The van der Waals surface area contributed by atoms with Crippen LogP contribution in [0.1, 0.15) is 11.1 Å². The molecule has 0 unspecified atom stereocenters. The van der Waals surface area contributed by atoms with E-state index in [0.717, 1.165) is 5.75 Å². The molecule has 1 saturated heterocycles. The Morgan fingerprint density at radius 2 is 1.66 bits per heavy atom. The van der Waals surface area contributed by atoms with Crippen LogP contribution < -0.4 is 5.32 Å². The van der Waals surface area contributed by atoms with Crippen LogP contribution in [0.2, 0.25) is 0 Å². The second kappa shape index (κ2) is 10.4. The third-order valence-electron chi connectivity index (χ3n) is 4.84. The van der Waals surface area contributed by atoms with Crippen LogP contribution >= 0.6 is 11.8 Å². The lowest BCUT2D eigenvalue weighted by atomic mass is 10.2. The zero-order valence-electron chi connectivity index (χ0n) is 16.6. The highest BCUT2D eigenvalue weighted by Crippen LogP contribution is 2.14. The topological polar surface area (TPSA) is 52.7 Å². The summed E-state index contributed by atoms with van der Waals surface area (Å²) in [6.45, 7) is 4.94. The minimum absolute atomic E-state index is 0.134. The molecule has 0 saturated carbocycles. The number of thioether (sulfide) groups is 1. The van der Waals surface area contributed by atoms with Crippen LogP contribution in [0.5, 0.6) is 0 Å². The molecule has 1 heterocycles. The molecule has 1 fully saturated rings. The quantitative estimate of drug-likeness (QED) is 0.755. The Balaban J connectivity index is 1.34. The van der Waals surface area contributed by atoms with E-state index in [1.54, 1.807) is 11.8 Å². The van der Waals surface area contributed by atoms with Gasteiger partial charge < -0.3 is 10.2 Å². The van der Waals surface area contributed by atoms with Crippen LogP contribution in [-0.4, -0.2) is 60.1 Å². The molecule has 2 aromatic carbocycles. The number of halogens is 1. The summed E-state index contributed by atoms with van der Waals surface area (Å²) in [7, 11) is 0. The Bertz CT molecular complexity index is 819. The summed E-state index contributed by atoms with van der Waals surface area (Å²) in [5.74, 6) is 0.984. The molecule has 5 nitrogen and oxygen atoms in total. The second-order valence-corrected chi connectivity index (χ2v) is 8.18. The third kappa shape index (κ3) is 6.87. The minimum Gasteiger partial charge on any atom is -0.339 e. The molecule has 7 heteroatoms. The van der Waals surface area contributed by atoms with E-state index in [9.17, 15) is 14.0 Å². The van der Waals surface area contributed by atoms with Gasteiger partial charge in [0.25, 0.3) is 0 Å². The highest BCUT2D eigenvalue weighted by molar-refractivity contribution is 7.99. The van der Waals surface area contributed by atoms with Crippen molar-refractivity contribution in [1.29, 1.82) is 0 Å². The largest absolute Gasteiger partial charge is 0.339 e. The molecule has 2 amide bonds. The van der Waals surface area contributed by atoms with E-state index < -0.39 is 0 Å². The van der Waals surface area contributed by atoms with E-state index in [-0.39, 0.29) is 24.2 Å². The average Bonchev–Trinajstić information content (AvgIpc) is 2.71. The Hall–Kier alpha value is -2.38. The van der Waals surface area contributed by atoms with Gasteiger partial charge in [-0.05, 0) is 36.8 Å². The fourth-order valence-electron chi connectivity index (χ4n) is 3.12. The molecular weight excluding hydrogens is 389 g/mol. The van der Waals surface area contributed by atoms with Crippen LogP contribution in [0.25, 0.3) is 0 Å². The molecule has 2 aromatic rings. The van der Waals surface area contributed by atoms with Crippen LogP contribution in [-0.2, 0) is 15.3 Å². The lowest BCUT2D eigenvalue weighted by Crippen LogP contribution is -2.50. The average molecular weight is 416 g/mol. The summed E-state index contributed by atoms with van der Waals surface area (Å²) in [6, 6.07) is 14.1. The lowest BCUT2D eigenvalue weighted by molar-refractivity contribution is -0.130. The number of rotatable bonds is 7. The Kier molecular flexibility index (Phi) is 7.66. The normalized spacial score (nSPS) is 14.6. The van der Waals surface area contributed by atoms with E-state index in [4.69, 9.17) is 0 Å². The summed E-state index contributed by atoms with van der Waals surface area (Å²) < 4.78 is 12.9. The van der Waals surface area contributed by atoms with E-state index in [2.05, 4.69) is 36.5 Å². The monoisotopic (exact) mass is 415 g/mol. The first-order chi connectivity index (χ1) is 14.0. The van der Waals surface area contributed by atoms with Gasteiger partial charge in [0.2, 0.25) is 11.8 Å². The summed E-state index contributed by atoms with van der Waals surface area (Å²) in [6.07, 6.45) is 0. The fourth-order valence-corrected chi connectivity index (χ4v) is 4.01. The highest BCUT2D eigenvalue weighted by atomic mass is 32.2. The summed E-state index contributed by atoms with van der Waals surface area (Å²) >= 11 is 1.63. The standard InChI is InChI=1S/C22H26FN3O2S/c1-17-2-4-18(5-3-17)15-29-16-22(28)26-12-10-25(11-13-26)14-21(27)24-20-8-6-19(23)7-9-20/h2-9H,10-16H2,1H3,(H,24,27). The number of amides is 2. The first kappa shape index (κ1) is 21.3. The van der Waals surface area contributed by atoms with Gasteiger partial charge in [-0.25, -0.2) is 4.39 Å². The third-order valence-corrected chi connectivity index (χ3v) is 5.82. The van der Waals surface area contributed by atoms with E-state index in [1.165, 1.54) is 35.4 Å². The van der Waals surface area contributed by atoms with Crippen molar-refractivity contribution in [3.05, 3.63) is 65.5 Å². The van der Waals surface area contributed by atoms with Gasteiger partial charge in [-0.3, -0.25) is 14.5 Å². The van der Waals surface area contributed by atoms with Crippen molar-refractivity contribution in [2.45, 2.75) is 12.7 Å². The van der Waals surface area contributed by atoms with Crippen LogP contribution in [0.3, 0.4) is 0 Å². The Morgan fingerprint density at radius 1 is 1.00 bits per heavy atom. The molecule has 0 spiro atoms. The maximum atomic E-state index is 12.9. The van der Waals surface area contributed by atoms with Gasteiger partial charge in [-0.15, -0.1) is 11.8 Å². The van der Waals surface area contributed by atoms with Crippen molar-refractivity contribution in [1.82, 2.24) is 9.80 Å². The summed E-state index contributed by atoms with van der Waals surface area (Å²) in [5.41, 5.74) is 3.04. The first-order valence-corrected chi connectivity index (χ1v) is 10.8. The van der Waals surface area contributed by atoms with Crippen molar-refractivity contribution >= 4 is 29.3 Å². The number of carbonyl (C=O) groups is 2. The minimum atomic E-state index is -0.333. The number of aryl methyl sites for hydroxylation is 1. The van der Waals surface area contributed by atoms with Gasteiger partial charge in [0, 0.05) is 37.6 Å². The number of piperazine rings is 1. The number of nitrogens with zero attached hydrogens (tertiary/aromatic N) is 2. The van der Waals surface area contributed by atoms with E-state index in [1.807, 2.05) is 9.80 Å². The molecule has 1 N–H and O–H groups in total. The lowest BCUT2D eigenvalue weighted by Gasteiger charge is -2.34. The number of hydrogen-bond acceptors (Lipinski definition) is 4. The van der Waals surface area contributed by atoms with Crippen molar-refractivity contribution in [3.8, 4) is 0 Å². The number of anilines is 1. The number of hydrogen-bond donors (Lipinski definition) is 1. The number of carbonyl (C=O) groups excluding carboxylic acids is 2.